The normalized spacial score (nSPS) is 18.9. The minimum atomic E-state index is -0.881. The summed E-state index contributed by atoms with van der Waals surface area (Å²) in [5.41, 5.74) is 3.82. The van der Waals surface area contributed by atoms with Gasteiger partial charge in [0.05, 0.1) is 0 Å². The first-order valence-corrected chi connectivity index (χ1v) is 9.48. The van der Waals surface area contributed by atoms with Crippen LogP contribution in [-0.4, -0.2) is 23.2 Å². The summed E-state index contributed by atoms with van der Waals surface area (Å²) >= 11 is 1.38. The van der Waals surface area contributed by atoms with E-state index < -0.39 is 5.92 Å². The Morgan fingerprint density at radius 1 is 1.15 bits per heavy atom. The van der Waals surface area contributed by atoms with Gasteiger partial charge in [-0.15, -0.1) is 0 Å². The van der Waals surface area contributed by atoms with Crippen molar-refractivity contribution in [2.45, 2.75) is 36.5 Å². The molecule has 134 valence electrons. The van der Waals surface area contributed by atoms with Crippen LogP contribution in [0.5, 0.6) is 0 Å². The average Bonchev–Trinajstić information content (AvgIpc) is 2.63. The van der Waals surface area contributed by atoms with Gasteiger partial charge in [-0.1, -0.05) is 6.07 Å². The first kappa shape index (κ1) is 17.1. The van der Waals surface area contributed by atoms with E-state index in [-0.39, 0.29) is 17.6 Å². The van der Waals surface area contributed by atoms with Gasteiger partial charge in [-0.2, -0.15) is 0 Å². The van der Waals surface area contributed by atoms with E-state index in [1.807, 2.05) is 6.07 Å². The molecule has 2 aliphatic rings. The zero-order chi connectivity index (χ0) is 18.3. The number of nitrogens with one attached hydrogen (secondary N) is 1. The fourth-order valence-electron chi connectivity index (χ4n) is 3.60. The Hall–Kier alpha value is -2.34. The van der Waals surface area contributed by atoms with Gasteiger partial charge in [-0.3, -0.25) is 13.9 Å². The molecule has 2 aromatic carbocycles. The number of anilines is 1. The van der Waals surface area contributed by atoms with E-state index >= 15 is 0 Å². The van der Waals surface area contributed by atoms with Crippen LogP contribution >= 0.6 is 11.9 Å². The Balaban J connectivity index is 1.69. The number of rotatable bonds is 2. The van der Waals surface area contributed by atoms with E-state index in [1.165, 1.54) is 58.1 Å². The van der Waals surface area contributed by atoms with Crippen molar-refractivity contribution in [1.82, 2.24) is 4.31 Å². The van der Waals surface area contributed by atoms with Crippen LogP contribution in [0.25, 0.3) is 0 Å². The number of likely N-dealkylation sites (N-methyl/N-ethyl adjacent to an activating group) is 1. The van der Waals surface area contributed by atoms with Gasteiger partial charge >= 0.3 is 0 Å². The molecule has 0 bridgehead atoms. The highest BCUT2D eigenvalue weighted by molar-refractivity contribution is 7.97. The summed E-state index contributed by atoms with van der Waals surface area (Å²) in [4.78, 5) is 26.6. The van der Waals surface area contributed by atoms with Gasteiger partial charge in [0, 0.05) is 17.6 Å². The zero-order valence-corrected chi connectivity index (χ0v) is 15.2. The van der Waals surface area contributed by atoms with Crippen LogP contribution in [0.1, 0.15) is 35.4 Å². The second-order valence-electron chi connectivity index (χ2n) is 6.72. The van der Waals surface area contributed by atoms with Crippen molar-refractivity contribution in [3.8, 4) is 0 Å². The molecule has 0 fully saturated rings. The molecule has 0 spiro atoms. The monoisotopic (exact) mass is 370 g/mol. The van der Waals surface area contributed by atoms with Crippen LogP contribution < -0.4 is 5.32 Å². The molecule has 6 heteroatoms. The Kier molecular flexibility index (Phi) is 4.44. The molecule has 1 aliphatic heterocycles. The van der Waals surface area contributed by atoms with Gasteiger partial charge in [0.15, 0.2) is 0 Å². The van der Waals surface area contributed by atoms with E-state index in [9.17, 15) is 14.0 Å². The molecule has 0 aromatic heterocycles. The summed E-state index contributed by atoms with van der Waals surface area (Å²) < 4.78 is 14.6. The second kappa shape index (κ2) is 6.76. The summed E-state index contributed by atoms with van der Waals surface area (Å²) in [6.45, 7) is 0. The zero-order valence-electron chi connectivity index (χ0n) is 14.4. The largest absolute Gasteiger partial charge is 0.325 e. The molecule has 1 unspecified atom stereocenters. The SMILES string of the molecule is CN1Sc2cc3c(cc2C(C(=O)Nc2ccc(F)cc2)C1=O)CCCC3. The second-order valence-corrected chi connectivity index (χ2v) is 7.89. The van der Waals surface area contributed by atoms with Crippen LogP contribution in [0.4, 0.5) is 10.1 Å². The number of halogens is 1. The summed E-state index contributed by atoms with van der Waals surface area (Å²) in [5.74, 6) is -1.87. The van der Waals surface area contributed by atoms with Crippen LogP contribution in [0, 0.1) is 5.82 Å². The number of carbonyl (C=O) groups is 2. The third-order valence-corrected chi connectivity index (χ3v) is 5.96. The summed E-state index contributed by atoms with van der Waals surface area (Å²) in [5, 5.41) is 2.75. The molecular weight excluding hydrogens is 351 g/mol. The maximum atomic E-state index is 13.1. The van der Waals surface area contributed by atoms with Gasteiger partial charge in [0.1, 0.15) is 11.7 Å². The van der Waals surface area contributed by atoms with Crippen LogP contribution in [0.2, 0.25) is 0 Å². The molecule has 1 aliphatic carbocycles. The summed E-state index contributed by atoms with van der Waals surface area (Å²) in [6.07, 6.45) is 4.36. The minimum absolute atomic E-state index is 0.238. The van der Waals surface area contributed by atoms with Gasteiger partial charge in [0.2, 0.25) is 11.8 Å². The van der Waals surface area contributed by atoms with Crippen molar-refractivity contribution < 1.29 is 14.0 Å². The van der Waals surface area contributed by atoms with Crippen molar-refractivity contribution in [3.05, 3.63) is 58.9 Å². The number of aryl methyl sites for hydroxylation is 2. The number of fused-ring (bicyclic) bond motifs is 2. The van der Waals surface area contributed by atoms with Crippen LogP contribution in [-0.2, 0) is 22.4 Å². The summed E-state index contributed by atoms with van der Waals surface area (Å²) in [6, 6.07) is 9.72. The smallest absolute Gasteiger partial charge is 0.249 e. The van der Waals surface area contributed by atoms with Gasteiger partial charge in [-0.05, 0) is 84.7 Å². The maximum absolute atomic E-state index is 13.1. The molecule has 1 atom stereocenters. The highest BCUT2D eigenvalue weighted by Crippen LogP contribution is 2.41. The van der Waals surface area contributed by atoms with E-state index in [0.717, 1.165) is 29.7 Å². The molecule has 26 heavy (non-hydrogen) atoms. The number of hydrogen-bond donors (Lipinski definition) is 1. The topological polar surface area (TPSA) is 49.4 Å². The molecule has 2 amide bonds. The fourth-order valence-corrected chi connectivity index (χ4v) is 4.56. The molecular formula is C20H19FN2O2S. The molecule has 1 N–H and O–H groups in total. The molecule has 0 radical (unpaired) electrons. The fraction of sp³-hybridized carbons (Fsp3) is 0.300. The van der Waals surface area contributed by atoms with Crippen LogP contribution in [0.3, 0.4) is 0 Å². The third-order valence-electron chi connectivity index (χ3n) is 4.95. The quantitative estimate of drug-likeness (QED) is 0.644. The Bertz CT molecular complexity index is 882. The molecule has 0 saturated heterocycles. The molecule has 4 rings (SSSR count). The Morgan fingerprint density at radius 3 is 2.50 bits per heavy atom. The van der Waals surface area contributed by atoms with Crippen molar-refractivity contribution in [1.29, 1.82) is 0 Å². The summed E-state index contributed by atoms with van der Waals surface area (Å²) in [7, 11) is 1.69. The maximum Gasteiger partial charge on any atom is 0.249 e. The first-order valence-electron chi connectivity index (χ1n) is 8.70. The number of nitrogens with zero attached hydrogens (tertiary/aromatic N) is 1. The lowest BCUT2D eigenvalue weighted by atomic mass is 9.86. The molecule has 4 nitrogen and oxygen atoms in total. The van der Waals surface area contributed by atoms with E-state index in [2.05, 4.69) is 11.4 Å². The van der Waals surface area contributed by atoms with Gasteiger partial charge < -0.3 is 5.32 Å². The number of carbonyl (C=O) groups excluding carboxylic acids is 2. The van der Waals surface area contributed by atoms with Crippen molar-refractivity contribution in [2.24, 2.45) is 0 Å². The standard InChI is InChI=1S/C20H19FN2O2S/c1-23-20(25)18(19(24)22-15-8-6-14(21)7-9-15)16-10-12-4-2-3-5-13(12)11-17(16)26-23/h6-11,18H,2-5H2,1H3,(H,22,24). The number of benzene rings is 2. The molecule has 2 aromatic rings. The highest BCUT2D eigenvalue weighted by atomic mass is 32.2. The van der Waals surface area contributed by atoms with E-state index in [1.54, 1.807) is 7.05 Å². The Morgan fingerprint density at radius 2 is 1.81 bits per heavy atom. The Labute approximate surface area is 155 Å². The molecule has 0 saturated carbocycles. The molecule has 1 heterocycles. The lowest BCUT2D eigenvalue weighted by Gasteiger charge is -2.31. The lowest BCUT2D eigenvalue weighted by Crippen LogP contribution is -2.38. The average molecular weight is 370 g/mol. The van der Waals surface area contributed by atoms with Gasteiger partial charge in [0.25, 0.3) is 0 Å². The first-order chi connectivity index (χ1) is 12.5. The van der Waals surface area contributed by atoms with Crippen molar-refractivity contribution in [2.75, 3.05) is 12.4 Å². The van der Waals surface area contributed by atoms with E-state index in [4.69, 9.17) is 0 Å². The third kappa shape index (κ3) is 3.09. The predicted octanol–water partition coefficient (Wildman–Crippen LogP) is 3.91. The van der Waals surface area contributed by atoms with Crippen LogP contribution in [0.15, 0.2) is 41.3 Å². The minimum Gasteiger partial charge on any atom is -0.325 e. The van der Waals surface area contributed by atoms with E-state index in [0.29, 0.717) is 5.69 Å². The van der Waals surface area contributed by atoms with Gasteiger partial charge in [-0.25, -0.2) is 4.39 Å². The predicted molar refractivity (Wildman–Crippen MR) is 99.5 cm³/mol. The number of hydrogen-bond acceptors (Lipinski definition) is 3. The lowest BCUT2D eigenvalue weighted by molar-refractivity contribution is -0.132. The number of amides is 2. The highest BCUT2D eigenvalue weighted by Gasteiger charge is 2.38. The van der Waals surface area contributed by atoms with Crippen molar-refractivity contribution >= 4 is 29.4 Å². The van der Waals surface area contributed by atoms with Crippen molar-refractivity contribution in [3.63, 3.8) is 0 Å².